The van der Waals surface area contributed by atoms with E-state index in [0.29, 0.717) is 28.4 Å². The molecule has 0 bridgehead atoms. The van der Waals surface area contributed by atoms with E-state index in [-0.39, 0.29) is 24.4 Å². The maximum atomic E-state index is 14.4. The minimum Gasteiger partial charge on any atom is -0.493 e. The van der Waals surface area contributed by atoms with Gasteiger partial charge in [-0.2, -0.15) is 0 Å². The number of sulfonamides is 1. The second-order valence-electron chi connectivity index (χ2n) is 12.4. The number of nitrogens with one attached hydrogen (secondary N) is 3. The third kappa shape index (κ3) is 8.17. The quantitative estimate of drug-likeness (QED) is 0.0661. The molecule has 1 atom stereocenters. The number of hydroxylamine groups is 1. The Morgan fingerprint density at radius 1 is 0.935 bits per heavy atom. The van der Waals surface area contributed by atoms with Crippen molar-refractivity contribution in [2.75, 3.05) is 13.7 Å². The molecule has 0 radical (unpaired) electrons. The fourth-order valence-electron chi connectivity index (χ4n) is 5.49. The fraction of sp³-hybridized carbons (Fsp3) is 0.361. The third-order valence-electron chi connectivity index (χ3n) is 7.98. The van der Waals surface area contributed by atoms with Gasteiger partial charge in [0, 0.05) is 23.2 Å². The number of H-pyrrole nitrogens is 1. The van der Waals surface area contributed by atoms with Gasteiger partial charge in [-0.15, -0.1) is 0 Å². The number of hydrogen-bond acceptors (Lipinski definition) is 6. The normalized spacial score (nSPS) is 12.8. The van der Waals surface area contributed by atoms with Crippen molar-refractivity contribution >= 4 is 32.9 Å². The lowest BCUT2D eigenvalue weighted by molar-refractivity contribution is -0.124. The molecule has 4 rings (SSSR count). The number of methoxy groups -OCH3 is 1. The zero-order chi connectivity index (χ0) is 33.6. The highest BCUT2D eigenvalue weighted by Gasteiger charge is 2.30. The standard InChI is InChI=1S/C36H45N3O6S/c1-22(2)26-18-30(23(3)4)36(31(19-26)24(5)6)46(42,43)39-28(17-27-20-37-32-11-9-8-10-29(27)32)21-45-33-14-12-25(16-34(33)44-7)13-15-35(40)38-41/h8-16,18-20,22-24,28,37,39,41H,17,21H2,1-7H3,(H,38,40)/b15-13+/t28-/m0/s1. The highest BCUT2D eigenvalue weighted by atomic mass is 32.2. The van der Waals surface area contributed by atoms with Gasteiger partial charge in [0.05, 0.1) is 18.0 Å². The Bertz CT molecular complexity index is 1780. The molecule has 0 saturated heterocycles. The molecule has 0 aliphatic carbocycles. The second-order valence-corrected chi connectivity index (χ2v) is 14.1. The van der Waals surface area contributed by atoms with Crippen LogP contribution in [-0.2, 0) is 21.2 Å². The van der Waals surface area contributed by atoms with E-state index >= 15 is 0 Å². The van der Waals surface area contributed by atoms with Gasteiger partial charge in [-0.3, -0.25) is 10.0 Å². The van der Waals surface area contributed by atoms with Crippen molar-refractivity contribution in [2.24, 2.45) is 0 Å². The smallest absolute Gasteiger partial charge is 0.267 e. The van der Waals surface area contributed by atoms with Crippen LogP contribution in [0.25, 0.3) is 17.0 Å². The highest BCUT2D eigenvalue weighted by molar-refractivity contribution is 7.89. The summed E-state index contributed by atoms with van der Waals surface area (Å²) in [7, 11) is -2.49. The topological polar surface area (TPSA) is 130 Å². The number of para-hydroxylation sites is 1. The first-order valence-electron chi connectivity index (χ1n) is 15.5. The average molecular weight is 648 g/mol. The summed E-state index contributed by atoms with van der Waals surface area (Å²) in [5.74, 6) is 0.408. The predicted molar refractivity (Wildman–Crippen MR) is 182 cm³/mol. The molecule has 0 spiro atoms. The Hall–Kier alpha value is -4.12. The second kappa shape index (κ2) is 15.0. The summed E-state index contributed by atoms with van der Waals surface area (Å²) >= 11 is 0. The lowest BCUT2D eigenvalue weighted by Crippen LogP contribution is -2.41. The van der Waals surface area contributed by atoms with E-state index in [0.717, 1.165) is 33.2 Å². The SMILES string of the molecule is COc1cc(/C=C/C(=O)NO)ccc1OC[C@H](Cc1c[nH]c2ccccc12)NS(=O)(=O)c1c(C(C)C)cc(C(C)C)cc1C(C)C. The van der Waals surface area contributed by atoms with Gasteiger partial charge >= 0.3 is 0 Å². The van der Waals surface area contributed by atoms with Crippen LogP contribution in [0.5, 0.6) is 11.5 Å². The highest BCUT2D eigenvalue weighted by Crippen LogP contribution is 2.36. The molecule has 0 saturated carbocycles. The van der Waals surface area contributed by atoms with Crippen LogP contribution >= 0.6 is 0 Å². The molecule has 0 unspecified atom stereocenters. The molecule has 246 valence electrons. The number of carbonyl (C=O) groups is 1. The first-order valence-corrected chi connectivity index (χ1v) is 17.0. The molecule has 1 heterocycles. The minimum atomic E-state index is -3.99. The zero-order valence-corrected chi connectivity index (χ0v) is 28.4. The Morgan fingerprint density at radius 3 is 2.22 bits per heavy atom. The van der Waals surface area contributed by atoms with Crippen molar-refractivity contribution in [1.29, 1.82) is 0 Å². The predicted octanol–water partition coefficient (Wildman–Crippen LogP) is 7.03. The molecule has 1 aromatic heterocycles. The van der Waals surface area contributed by atoms with Crippen LogP contribution < -0.4 is 19.7 Å². The Morgan fingerprint density at radius 2 is 1.61 bits per heavy atom. The van der Waals surface area contributed by atoms with Crippen LogP contribution in [0.3, 0.4) is 0 Å². The number of fused-ring (bicyclic) bond motifs is 1. The first-order chi connectivity index (χ1) is 21.8. The molecule has 4 N–H and O–H groups in total. The molecule has 0 aliphatic rings. The van der Waals surface area contributed by atoms with Gasteiger partial charge in [0.25, 0.3) is 5.91 Å². The van der Waals surface area contributed by atoms with Crippen molar-refractivity contribution < 1.29 is 27.9 Å². The molecule has 4 aromatic rings. The molecule has 0 aliphatic heterocycles. The summed E-state index contributed by atoms with van der Waals surface area (Å²) in [5.41, 5.74) is 6.85. The summed E-state index contributed by atoms with van der Waals surface area (Å²) in [6.07, 6.45) is 4.99. The molecular formula is C36H45N3O6S. The van der Waals surface area contributed by atoms with Gasteiger partial charge in [-0.1, -0.05) is 77.9 Å². The molecular weight excluding hydrogens is 602 g/mol. The molecule has 46 heavy (non-hydrogen) atoms. The van der Waals surface area contributed by atoms with Gasteiger partial charge in [0.1, 0.15) is 6.61 Å². The van der Waals surface area contributed by atoms with E-state index in [1.807, 2.05) is 70.3 Å². The number of carbonyl (C=O) groups excluding carboxylic acids is 1. The summed E-state index contributed by atoms with van der Waals surface area (Å²) in [6, 6.07) is 16.5. The monoisotopic (exact) mass is 647 g/mol. The van der Waals surface area contributed by atoms with Crippen LogP contribution in [0, 0.1) is 0 Å². The van der Waals surface area contributed by atoms with Crippen molar-refractivity contribution in [3.8, 4) is 11.5 Å². The van der Waals surface area contributed by atoms with Gasteiger partial charge in [0.2, 0.25) is 10.0 Å². The number of ether oxygens (including phenoxy) is 2. The average Bonchev–Trinajstić information content (AvgIpc) is 3.44. The van der Waals surface area contributed by atoms with Crippen molar-refractivity contribution in [3.05, 3.63) is 94.7 Å². The number of benzene rings is 3. The molecule has 0 fully saturated rings. The van der Waals surface area contributed by atoms with Crippen LogP contribution in [0.4, 0.5) is 0 Å². The first kappa shape index (κ1) is 34.7. The molecule has 9 nitrogen and oxygen atoms in total. The van der Waals surface area contributed by atoms with Crippen molar-refractivity contribution in [1.82, 2.24) is 15.2 Å². The number of amides is 1. The number of aromatic nitrogens is 1. The van der Waals surface area contributed by atoms with E-state index in [1.54, 1.807) is 23.7 Å². The van der Waals surface area contributed by atoms with E-state index in [1.165, 1.54) is 19.3 Å². The van der Waals surface area contributed by atoms with Crippen LogP contribution in [0.2, 0.25) is 0 Å². The zero-order valence-electron chi connectivity index (χ0n) is 27.5. The van der Waals surface area contributed by atoms with E-state index < -0.39 is 22.0 Å². The number of rotatable bonds is 14. The summed E-state index contributed by atoms with van der Waals surface area (Å²) in [6.45, 7) is 12.4. The van der Waals surface area contributed by atoms with Gasteiger partial charge in [-0.05, 0) is 76.3 Å². The number of hydrogen-bond donors (Lipinski definition) is 4. The maximum absolute atomic E-state index is 14.4. The molecule has 1 amide bonds. The van der Waals surface area contributed by atoms with Gasteiger partial charge < -0.3 is 14.5 Å². The fourth-order valence-corrected chi connectivity index (χ4v) is 7.40. The van der Waals surface area contributed by atoms with Crippen LogP contribution in [0.15, 0.2) is 71.8 Å². The maximum Gasteiger partial charge on any atom is 0.267 e. The van der Waals surface area contributed by atoms with Crippen LogP contribution in [-0.4, -0.2) is 44.3 Å². The van der Waals surface area contributed by atoms with Crippen molar-refractivity contribution in [3.63, 3.8) is 0 Å². The summed E-state index contributed by atoms with van der Waals surface area (Å²) < 4.78 is 43.7. The molecule has 10 heteroatoms. The lowest BCUT2D eigenvalue weighted by Gasteiger charge is -2.25. The van der Waals surface area contributed by atoms with E-state index in [9.17, 15) is 13.2 Å². The minimum absolute atomic E-state index is 0.00799. The van der Waals surface area contributed by atoms with Gasteiger partial charge in [-0.25, -0.2) is 18.6 Å². The van der Waals surface area contributed by atoms with E-state index in [2.05, 4.69) is 23.6 Å². The summed E-state index contributed by atoms with van der Waals surface area (Å²) in [5, 5.41) is 9.77. The number of aromatic amines is 1. The third-order valence-corrected chi connectivity index (χ3v) is 9.63. The van der Waals surface area contributed by atoms with Gasteiger partial charge in [0.15, 0.2) is 11.5 Å². The van der Waals surface area contributed by atoms with Crippen molar-refractivity contribution in [2.45, 2.75) is 76.7 Å². The molecule has 3 aromatic carbocycles. The largest absolute Gasteiger partial charge is 0.493 e. The Balaban J connectivity index is 1.72. The lowest BCUT2D eigenvalue weighted by atomic mass is 9.89. The summed E-state index contributed by atoms with van der Waals surface area (Å²) in [4.78, 5) is 15.0. The van der Waals surface area contributed by atoms with Crippen LogP contribution in [0.1, 0.15) is 87.1 Å². The van der Waals surface area contributed by atoms with E-state index in [4.69, 9.17) is 14.7 Å². The Kier molecular flexibility index (Phi) is 11.3. The Labute approximate surface area is 272 Å².